The van der Waals surface area contributed by atoms with Crippen molar-refractivity contribution >= 4 is 83.9 Å². The van der Waals surface area contributed by atoms with Gasteiger partial charge in [-0.1, -0.05) is 68.4 Å². The van der Waals surface area contributed by atoms with E-state index in [0.29, 0.717) is 25.4 Å². The largest absolute Gasteiger partial charge is 0.388 e. The first kappa shape index (κ1) is 16.6. The Morgan fingerprint density at radius 1 is 0.909 bits per heavy atom. The second-order valence-electron chi connectivity index (χ2n) is 4.91. The summed E-state index contributed by atoms with van der Waals surface area (Å²) in [6.07, 6.45) is -0.668. The summed E-state index contributed by atoms with van der Waals surface area (Å²) in [7, 11) is 0. The van der Waals surface area contributed by atoms with Crippen molar-refractivity contribution in [1.82, 2.24) is 0 Å². The summed E-state index contributed by atoms with van der Waals surface area (Å²) in [5, 5.41) is 15.8. The molecule has 0 aromatic heterocycles. The smallest absolute Gasteiger partial charge is 0.0893 e. The van der Waals surface area contributed by atoms with Crippen LogP contribution >= 0.6 is 62.3 Å². The van der Waals surface area contributed by atoms with E-state index in [0.717, 1.165) is 27.1 Å². The number of benzene rings is 3. The van der Waals surface area contributed by atoms with Gasteiger partial charge in [0.1, 0.15) is 0 Å². The lowest BCUT2D eigenvalue weighted by molar-refractivity contribution is 0.207. The van der Waals surface area contributed by atoms with Gasteiger partial charge in [0.25, 0.3) is 0 Å². The number of halogens is 5. The van der Waals surface area contributed by atoms with Gasteiger partial charge in [-0.2, -0.15) is 0 Å². The molecule has 0 unspecified atom stereocenters. The molecule has 0 saturated carbocycles. The monoisotopic (exact) mass is 436 g/mol. The van der Waals surface area contributed by atoms with E-state index in [-0.39, 0.29) is 0 Å². The predicted octanol–water partition coefficient (Wildman–Crippen LogP) is 7.03. The fourth-order valence-corrected chi connectivity index (χ4v) is 3.67. The number of hydrogen-bond donors (Lipinski definition) is 1. The molecule has 0 saturated heterocycles. The molecule has 114 valence electrons. The van der Waals surface area contributed by atoms with Crippen LogP contribution in [0.4, 0.5) is 0 Å². The average molecular weight is 439 g/mol. The van der Waals surface area contributed by atoms with Crippen LogP contribution in [0.1, 0.15) is 11.7 Å². The minimum atomic E-state index is -0.668. The molecule has 0 heterocycles. The van der Waals surface area contributed by atoms with Crippen LogP contribution < -0.4 is 0 Å². The van der Waals surface area contributed by atoms with E-state index in [4.69, 9.17) is 46.4 Å². The second kappa shape index (κ2) is 6.35. The summed E-state index contributed by atoms with van der Waals surface area (Å²) in [5.74, 6) is 0. The molecule has 22 heavy (non-hydrogen) atoms. The minimum absolute atomic E-state index is 0.412. The first-order chi connectivity index (χ1) is 10.4. The molecule has 0 aliphatic heterocycles. The SMILES string of the molecule is O[C@@H](CBr)c1cc2cc(Cl)c(Cl)cc2c2c(Cl)c(Cl)ccc12. The van der Waals surface area contributed by atoms with E-state index in [1.807, 2.05) is 12.1 Å². The third kappa shape index (κ3) is 2.71. The third-order valence-electron chi connectivity index (χ3n) is 3.58. The van der Waals surface area contributed by atoms with Crippen molar-refractivity contribution in [3.63, 3.8) is 0 Å². The maximum absolute atomic E-state index is 10.3. The van der Waals surface area contributed by atoms with Gasteiger partial charge >= 0.3 is 0 Å². The van der Waals surface area contributed by atoms with Crippen molar-refractivity contribution in [1.29, 1.82) is 0 Å². The first-order valence-electron chi connectivity index (χ1n) is 6.37. The predicted molar refractivity (Wildman–Crippen MR) is 100 cm³/mol. The van der Waals surface area contributed by atoms with E-state index in [9.17, 15) is 5.11 Å². The van der Waals surface area contributed by atoms with Gasteiger partial charge in [0.15, 0.2) is 0 Å². The maximum atomic E-state index is 10.3. The van der Waals surface area contributed by atoms with Crippen molar-refractivity contribution in [3.05, 3.63) is 56.0 Å². The minimum Gasteiger partial charge on any atom is -0.388 e. The normalized spacial score (nSPS) is 13.0. The number of aliphatic hydroxyl groups is 1. The van der Waals surface area contributed by atoms with E-state index in [1.165, 1.54) is 0 Å². The molecular formula is C16H9BrCl4O. The molecule has 0 fully saturated rings. The molecule has 1 N–H and O–H groups in total. The molecule has 0 amide bonds. The zero-order chi connectivity index (χ0) is 16.0. The summed E-state index contributed by atoms with van der Waals surface area (Å²) >= 11 is 28.1. The van der Waals surface area contributed by atoms with Crippen LogP contribution in [0.2, 0.25) is 20.1 Å². The number of fused-ring (bicyclic) bond motifs is 3. The Labute approximate surface area is 155 Å². The molecule has 3 aromatic carbocycles. The lowest BCUT2D eigenvalue weighted by atomic mass is 9.95. The van der Waals surface area contributed by atoms with Crippen LogP contribution in [0.3, 0.4) is 0 Å². The molecule has 1 nitrogen and oxygen atoms in total. The summed E-state index contributed by atoms with van der Waals surface area (Å²) < 4.78 is 0. The van der Waals surface area contributed by atoms with Gasteiger partial charge in [0.05, 0.1) is 26.2 Å². The van der Waals surface area contributed by atoms with Gasteiger partial charge in [-0.3, -0.25) is 0 Å². The van der Waals surface area contributed by atoms with Gasteiger partial charge in [-0.05, 0) is 46.0 Å². The molecule has 0 spiro atoms. The Hall–Kier alpha value is -0.220. The van der Waals surface area contributed by atoms with Gasteiger partial charge in [-0.15, -0.1) is 0 Å². The topological polar surface area (TPSA) is 20.2 Å². The molecule has 6 heteroatoms. The molecule has 1 atom stereocenters. The Morgan fingerprint density at radius 2 is 1.59 bits per heavy atom. The van der Waals surface area contributed by atoms with E-state index < -0.39 is 6.10 Å². The lowest BCUT2D eigenvalue weighted by Crippen LogP contribution is -2.00. The van der Waals surface area contributed by atoms with Crippen LogP contribution in [0.15, 0.2) is 30.3 Å². The fraction of sp³-hybridized carbons (Fsp3) is 0.125. The lowest BCUT2D eigenvalue weighted by Gasteiger charge is -2.16. The van der Waals surface area contributed by atoms with Gasteiger partial charge in [0.2, 0.25) is 0 Å². The van der Waals surface area contributed by atoms with E-state index >= 15 is 0 Å². The Bertz CT molecular complexity index is 895. The zero-order valence-corrected chi connectivity index (χ0v) is 15.6. The zero-order valence-electron chi connectivity index (χ0n) is 11.0. The molecule has 0 radical (unpaired) electrons. The second-order valence-corrected chi connectivity index (χ2v) is 7.15. The van der Waals surface area contributed by atoms with Crippen molar-refractivity contribution in [2.45, 2.75) is 6.10 Å². The van der Waals surface area contributed by atoms with Crippen molar-refractivity contribution in [2.75, 3.05) is 5.33 Å². The summed E-state index contributed by atoms with van der Waals surface area (Å²) in [5.41, 5.74) is 0.760. The molecule has 3 aromatic rings. The highest BCUT2D eigenvalue weighted by Crippen LogP contribution is 2.41. The molecule has 0 bridgehead atoms. The summed E-state index contributed by atoms with van der Waals surface area (Å²) in [4.78, 5) is 0. The fourth-order valence-electron chi connectivity index (χ4n) is 2.56. The molecule has 3 rings (SSSR count). The third-order valence-corrected chi connectivity index (χ3v) is 5.72. The van der Waals surface area contributed by atoms with Gasteiger partial charge < -0.3 is 5.11 Å². The Balaban J connectivity index is 2.56. The Morgan fingerprint density at radius 3 is 2.27 bits per heavy atom. The Kier molecular flexibility index (Phi) is 4.80. The summed E-state index contributed by atoms with van der Waals surface area (Å²) in [6, 6.07) is 9.01. The van der Waals surface area contributed by atoms with Gasteiger partial charge in [0, 0.05) is 10.7 Å². The molecular weight excluding hydrogens is 430 g/mol. The number of hydrogen-bond acceptors (Lipinski definition) is 1. The highest BCUT2D eigenvalue weighted by molar-refractivity contribution is 9.09. The van der Waals surface area contributed by atoms with Crippen LogP contribution in [0.5, 0.6) is 0 Å². The van der Waals surface area contributed by atoms with Crippen molar-refractivity contribution in [3.8, 4) is 0 Å². The highest BCUT2D eigenvalue weighted by atomic mass is 79.9. The van der Waals surface area contributed by atoms with Crippen molar-refractivity contribution in [2.24, 2.45) is 0 Å². The van der Waals surface area contributed by atoms with Crippen LogP contribution in [-0.4, -0.2) is 10.4 Å². The quantitative estimate of drug-likeness (QED) is 0.336. The van der Waals surface area contributed by atoms with E-state index in [1.54, 1.807) is 18.2 Å². The maximum Gasteiger partial charge on any atom is 0.0893 e. The summed E-state index contributed by atoms with van der Waals surface area (Å²) in [6.45, 7) is 0. The molecule has 0 aliphatic carbocycles. The number of rotatable bonds is 2. The van der Waals surface area contributed by atoms with Crippen LogP contribution in [0, 0.1) is 0 Å². The number of alkyl halides is 1. The first-order valence-corrected chi connectivity index (χ1v) is 9.00. The van der Waals surface area contributed by atoms with Crippen LogP contribution in [0.25, 0.3) is 21.5 Å². The average Bonchev–Trinajstić information content (AvgIpc) is 2.50. The van der Waals surface area contributed by atoms with Gasteiger partial charge in [-0.25, -0.2) is 0 Å². The highest BCUT2D eigenvalue weighted by Gasteiger charge is 2.17. The van der Waals surface area contributed by atoms with Crippen LogP contribution in [-0.2, 0) is 0 Å². The molecule has 0 aliphatic rings. The van der Waals surface area contributed by atoms with Crippen molar-refractivity contribution < 1.29 is 5.11 Å². The standard InChI is InChI=1S/C16H9BrCl4O/c17-6-14(22)10-3-7-4-12(19)13(20)5-9(7)15-8(10)1-2-11(18)16(15)21/h1-5,14,22H,6H2/t14-/m0/s1. The van der Waals surface area contributed by atoms with E-state index in [2.05, 4.69) is 15.9 Å². The number of aliphatic hydroxyl groups excluding tert-OH is 1.